The van der Waals surface area contributed by atoms with E-state index in [4.69, 9.17) is 4.98 Å². The lowest BCUT2D eigenvalue weighted by Crippen LogP contribution is -2.53. The van der Waals surface area contributed by atoms with Crippen molar-refractivity contribution in [3.63, 3.8) is 0 Å². The predicted octanol–water partition coefficient (Wildman–Crippen LogP) is 4.29. The first-order valence-electron chi connectivity index (χ1n) is 20.6. The molecular weight excluding hydrogens is 793 g/mol. The molecule has 1 unspecified atom stereocenters. The number of rotatable bonds is 9. The third-order valence-corrected chi connectivity index (χ3v) is 13.6. The minimum atomic E-state index is -0.711. The van der Waals surface area contributed by atoms with Crippen molar-refractivity contribution in [1.82, 2.24) is 44.7 Å². The van der Waals surface area contributed by atoms with Crippen LogP contribution in [0.4, 0.5) is 11.4 Å². The number of nitrogens with zero attached hydrogens (tertiary/aromatic N) is 10. The second-order valence-corrected chi connectivity index (χ2v) is 17.0. The fourth-order valence-corrected chi connectivity index (χ4v) is 10.2. The number of fused-ring (bicyclic) bond motifs is 1. The molecule has 4 aliphatic rings. The summed E-state index contributed by atoms with van der Waals surface area (Å²) in [4.78, 5) is 69.0. The van der Waals surface area contributed by atoms with Gasteiger partial charge >= 0.3 is 0 Å². The lowest BCUT2D eigenvalue weighted by Gasteiger charge is -2.37. The number of likely N-dealkylation sites (tertiary alicyclic amines) is 1. The molecule has 8 heterocycles. The third kappa shape index (κ3) is 7.05. The number of aromatic nitrogens is 5. The lowest BCUT2D eigenvalue weighted by molar-refractivity contribution is -0.135. The zero-order valence-corrected chi connectivity index (χ0v) is 34.3. The number of piperidine rings is 2. The monoisotopic (exact) mass is 834 g/mol. The Morgan fingerprint density at radius 2 is 1.75 bits per heavy atom. The van der Waals surface area contributed by atoms with Crippen LogP contribution in [0.5, 0.6) is 0 Å². The Morgan fingerprint density at radius 1 is 0.934 bits per heavy atom. The molecule has 0 spiro atoms. The number of imide groups is 1. The smallest absolute Gasteiger partial charge is 0.259 e. The van der Waals surface area contributed by atoms with E-state index in [0.29, 0.717) is 49.5 Å². The van der Waals surface area contributed by atoms with Gasteiger partial charge in [0.05, 0.1) is 23.4 Å². The third-order valence-electron chi connectivity index (χ3n) is 12.5. The van der Waals surface area contributed by atoms with Crippen molar-refractivity contribution >= 4 is 68.1 Å². The number of carbonyl (C=O) groups is 4. The Hall–Kier alpha value is -6.61. The van der Waals surface area contributed by atoms with Crippen LogP contribution in [-0.2, 0) is 20.9 Å². The van der Waals surface area contributed by atoms with Gasteiger partial charge in [-0.05, 0) is 54.5 Å². The Labute approximate surface area is 354 Å². The first-order valence-corrected chi connectivity index (χ1v) is 21.4. The largest absolute Gasteiger partial charge is 0.387 e. The number of nitriles is 1. The van der Waals surface area contributed by atoms with E-state index in [1.807, 2.05) is 71.2 Å². The molecule has 2 N–H and O–H groups in total. The second-order valence-electron chi connectivity index (χ2n) is 16.0. The first kappa shape index (κ1) is 38.6. The van der Waals surface area contributed by atoms with Crippen molar-refractivity contribution < 1.29 is 19.2 Å². The first-order chi connectivity index (χ1) is 29.8. The van der Waals surface area contributed by atoms with E-state index >= 15 is 0 Å². The number of carbonyl (C=O) groups excluding carboxylic acids is 4. The van der Waals surface area contributed by atoms with Crippen LogP contribution in [0.25, 0.3) is 38.2 Å². The zero-order chi connectivity index (χ0) is 41.8. The average Bonchev–Trinajstić information content (AvgIpc) is 4.02. The van der Waals surface area contributed by atoms with Crippen LogP contribution < -0.4 is 15.5 Å². The van der Waals surface area contributed by atoms with Gasteiger partial charge in [-0.2, -0.15) is 5.26 Å². The molecule has 0 aliphatic carbocycles. The maximum Gasteiger partial charge on any atom is 0.259 e. The average molecular weight is 835 g/mol. The molecule has 6 aromatic rings. The van der Waals surface area contributed by atoms with E-state index in [2.05, 4.69) is 41.7 Å². The summed E-state index contributed by atoms with van der Waals surface area (Å²) in [6.45, 7) is 5.67. The van der Waals surface area contributed by atoms with Gasteiger partial charge in [0.15, 0.2) is 5.01 Å². The minimum absolute atomic E-state index is 0.156. The van der Waals surface area contributed by atoms with E-state index in [1.165, 1.54) is 0 Å². The summed E-state index contributed by atoms with van der Waals surface area (Å²) in [6.07, 6.45) is 7.43. The van der Waals surface area contributed by atoms with Crippen molar-refractivity contribution in [2.24, 2.45) is 0 Å². The molecule has 17 heteroatoms. The van der Waals surface area contributed by atoms with Crippen LogP contribution in [-0.4, -0.2) is 122 Å². The molecule has 1 atom stereocenters. The van der Waals surface area contributed by atoms with Crippen molar-refractivity contribution in [3.05, 3.63) is 88.8 Å². The van der Waals surface area contributed by atoms with Crippen LogP contribution in [0.3, 0.4) is 0 Å². The van der Waals surface area contributed by atoms with Gasteiger partial charge in [0.1, 0.15) is 28.6 Å². The maximum absolute atomic E-state index is 13.6. The zero-order valence-electron chi connectivity index (χ0n) is 33.5. The Bertz CT molecular complexity index is 2800. The number of amides is 4. The van der Waals surface area contributed by atoms with Gasteiger partial charge in [0.25, 0.3) is 5.91 Å². The molecule has 3 saturated heterocycles. The summed E-state index contributed by atoms with van der Waals surface area (Å²) >= 11 is 1.57. The van der Waals surface area contributed by atoms with Crippen molar-refractivity contribution in [1.29, 1.82) is 5.26 Å². The van der Waals surface area contributed by atoms with Crippen LogP contribution in [0.15, 0.2) is 67.1 Å². The van der Waals surface area contributed by atoms with E-state index in [0.717, 1.165) is 93.3 Å². The number of pyridine rings is 2. The summed E-state index contributed by atoms with van der Waals surface area (Å²) in [7, 11) is 1.87. The molecule has 308 valence electrons. The molecule has 2 aromatic carbocycles. The molecular formula is C44H42N12O4S. The highest BCUT2D eigenvalue weighted by Crippen LogP contribution is 2.42. The summed E-state index contributed by atoms with van der Waals surface area (Å²) in [5.41, 5.74) is 5.37. The Balaban J connectivity index is 0.726. The predicted molar refractivity (Wildman–Crippen MR) is 229 cm³/mol. The highest BCUT2D eigenvalue weighted by atomic mass is 32.1. The summed E-state index contributed by atoms with van der Waals surface area (Å²) in [5.74, 6) is 0.131. The van der Waals surface area contributed by atoms with Gasteiger partial charge < -0.3 is 10.2 Å². The van der Waals surface area contributed by atoms with Crippen LogP contribution >= 0.6 is 11.3 Å². The molecule has 0 bridgehead atoms. The van der Waals surface area contributed by atoms with Gasteiger partial charge in [-0.3, -0.25) is 43.8 Å². The quantitative estimate of drug-likeness (QED) is 0.197. The molecule has 61 heavy (non-hydrogen) atoms. The highest BCUT2D eigenvalue weighted by Gasteiger charge is 2.41. The topological polar surface area (TPSA) is 186 Å². The Kier molecular flexibility index (Phi) is 9.98. The molecule has 0 saturated carbocycles. The molecule has 0 radical (unpaired) electrons. The van der Waals surface area contributed by atoms with Crippen LogP contribution in [0.2, 0.25) is 0 Å². The molecule has 10 rings (SSSR count). The normalized spacial score (nSPS) is 18.9. The standard InChI is InChI=1S/C44H42N12O4S/c1-46-33-20-36(55-14-11-28-19-26(21-45)22-48-40(28)55)47-23-32(33)43-51-50-42(61-43)27-9-12-54(13-10-27)38(58)25-53-17-15-52(16-18-53)24-29-5-6-34-39-30(29)3-2-4-31(39)44(60)56(34)35-7-8-37(57)49-41(35)59/h2-6,11,14,19-20,22-23,27,35H,7-10,12-13,15-18,24-25H2,1H3,(H,46,47)(H,49,57,59). The van der Waals surface area contributed by atoms with Gasteiger partial charge in [0, 0.05) is 112 Å². The van der Waals surface area contributed by atoms with E-state index in [-0.39, 0.29) is 30.1 Å². The number of anilines is 2. The summed E-state index contributed by atoms with van der Waals surface area (Å²) < 4.78 is 1.90. The summed E-state index contributed by atoms with van der Waals surface area (Å²) in [5, 5.41) is 28.5. The highest BCUT2D eigenvalue weighted by molar-refractivity contribution is 7.14. The number of piperazine rings is 1. The molecule has 4 aliphatic heterocycles. The fourth-order valence-electron chi connectivity index (χ4n) is 9.19. The van der Waals surface area contributed by atoms with Crippen molar-refractivity contribution in [3.8, 4) is 22.5 Å². The molecule has 4 aromatic heterocycles. The van der Waals surface area contributed by atoms with Crippen LogP contribution in [0, 0.1) is 11.3 Å². The van der Waals surface area contributed by atoms with Crippen LogP contribution in [0.1, 0.15) is 58.1 Å². The SMILES string of the molecule is CNc1cc(-n2ccc3cc(C#N)cnc32)ncc1-c1nnc(C2CCN(C(=O)CN3CCN(Cc4ccc5c6c(cccc46)C(=O)N5C4CCC(=O)NC4=O)CC3)CC2)s1. The fraction of sp³-hybridized carbons (Fsp3) is 0.341. The number of hydrogen-bond acceptors (Lipinski definition) is 13. The molecule has 4 amide bonds. The van der Waals surface area contributed by atoms with Gasteiger partial charge in [-0.15, -0.1) is 10.2 Å². The Morgan fingerprint density at radius 3 is 2.54 bits per heavy atom. The van der Waals surface area contributed by atoms with Crippen molar-refractivity contribution in [2.45, 2.75) is 44.2 Å². The number of benzene rings is 2. The second kappa shape index (κ2) is 15.8. The molecule has 16 nitrogen and oxygen atoms in total. The number of nitrogens with one attached hydrogen (secondary N) is 2. The van der Waals surface area contributed by atoms with E-state index in [9.17, 15) is 24.4 Å². The lowest BCUT2D eigenvalue weighted by atomic mass is 9.97. The summed E-state index contributed by atoms with van der Waals surface area (Å²) in [6, 6.07) is 16.8. The minimum Gasteiger partial charge on any atom is -0.387 e. The van der Waals surface area contributed by atoms with E-state index in [1.54, 1.807) is 28.6 Å². The van der Waals surface area contributed by atoms with Gasteiger partial charge in [-0.1, -0.05) is 29.5 Å². The van der Waals surface area contributed by atoms with Gasteiger partial charge in [0.2, 0.25) is 17.7 Å². The van der Waals surface area contributed by atoms with Crippen molar-refractivity contribution in [2.75, 3.05) is 63.1 Å². The van der Waals surface area contributed by atoms with E-state index < -0.39 is 11.9 Å². The maximum atomic E-state index is 13.6. The van der Waals surface area contributed by atoms with Gasteiger partial charge in [-0.25, -0.2) is 9.97 Å². The molecule has 3 fully saturated rings. The number of hydrogen-bond donors (Lipinski definition) is 2.